The van der Waals surface area contributed by atoms with E-state index < -0.39 is 0 Å². The number of rotatable bonds is 8. The van der Waals surface area contributed by atoms with E-state index in [1.165, 1.54) is 36.0 Å². The summed E-state index contributed by atoms with van der Waals surface area (Å²) in [5.41, 5.74) is 4.01. The zero-order valence-corrected chi connectivity index (χ0v) is 18.6. The molecule has 4 rings (SSSR count). The second-order valence-corrected chi connectivity index (χ2v) is 8.78. The minimum atomic E-state index is 0.228. The number of hydrogen-bond acceptors (Lipinski definition) is 2. The summed E-state index contributed by atoms with van der Waals surface area (Å²) in [7, 11) is 0. The van der Waals surface area contributed by atoms with Crippen LogP contribution in [-0.4, -0.2) is 36.4 Å². The van der Waals surface area contributed by atoms with Gasteiger partial charge in [0.2, 0.25) is 5.91 Å². The second-order valence-electron chi connectivity index (χ2n) is 8.78. The number of amides is 1. The van der Waals surface area contributed by atoms with E-state index in [9.17, 15) is 4.79 Å². The molecule has 1 heterocycles. The van der Waals surface area contributed by atoms with E-state index in [1.807, 2.05) is 4.90 Å². The summed E-state index contributed by atoms with van der Waals surface area (Å²) in [5, 5.41) is 6.98. The van der Waals surface area contributed by atoms with E-state index >= 15 is 0 Å². The molecule has 5 nitrogen and oxygen atoms in total. The first-order valence-electron chi connectivity index (χ1n) is 11.6. The van der Waals surface area contributed by atoms with Crippen LogP contribution in [-0.2, 0) is 23.3 Å². The van der Waals surface area contributed by atoms with Gasteiger partial charge < -0.3 is 15.5 Å². The lowest BCUT2D eigenvalue weighted by Gasteiger charge is -2.43. The number of likely N-dealkylation sites (tertiary alicyclic amines) is 1. The van der Waals surface area contributed by atoms with E-state index in [-0.39, 0.29) is 11.3 Å². The summed E-state index contributed by atoms with van der Waals surface area (Å²) in [6, 6.07) is 19.4. The number of nitrogens with zero attached hydrogens (tertiary/aromatic N) is 2. The van der Waals surface area contributed by atoms with Gasteiger partial charge in [-0.25, -0.2) is 4.99 Å². The number of carbonyl (C=O) groups is 1. The number of carbonyl (C=O) groups excluding carboxylic acids is 1. The van der Waals surface area contributed by atoms with Gasteiger partial charge in [0.05, 0.1) is 6.54 Å². The van der Waals surface area contributed by atoms with E-state index in [1.54, 1.807) is 0 Å². The standard InChI is InChI=1S/C26H34N4O/c1-2-27-25(29-20-26(15-7-16-26)23-8-4-3-5-9-23)28-18-21-11-13-22(14-12-21)19-30-17-6-10-24(30)31/h3-5,8-9,11-14H,2,6-7,10,15-20H2,1H3,(H2,27,28,29). The van der Waals surface area contributed by atoms with Crippen molar-refractivity contribution in [1.82, 2.24) is 15.5 Å². The van der Waals surface area contributed by atoms with Crippen LogP contribution in [0.1, 0.15) is 55.7 Å². The molecule has 2 N–H and O–H groups in total. The molecule has 0 bridgehead atoms. The quantitative estimate of drug-likeness (QED) is 0.504. The highest BCUT2D eigenvalue weighted by Gasteiger charge is 2.38. The predicted molar refractivity (Wildman–Crippen MR) is 126 cm³/mol. The maximum atomic E-state index is 11.8. The van der Waals surface area contributed by atoms with Gasteiger partial charge in [0, 0.05) is 38.0 Å². The van der Waals surface area contributed by atoms with Crippen molar-refractivity contribution in [1.29, 1.82) is 0 Å². The summed E-state index contributed by atoms with van der Waals surface area (Å²) in [6.45, 7) is 6.08. The molecule has 5 heteroatoms. The topological polar surface area (TPSA) is 56.7 Å². The number of guanidine groups is 1. The Morgan fingerprint density at radius 2 is 1.74 bits per heavy atom. The van der Waals surface area contributed by atoms with Gasteiger partial charge in [0.1, 0.15) is 0 Å². The Morgan fingerprint density at radius 1 is 1.00 bits per heavy atom. The maximum Gasteiger partial charge on any atom is 0.222 e. The molecule has 2 aromatic carbocycles. The first-order chi connectivity index (χ1) is 15.2. The third kappa shape index (κ3) is 5.27. The Bertz CT molecular complexity index is 887. The Labute approximate surface area is 186 Å². The molecule has 164 valence electrons. The zero-order chi connectivity index (χ0) is 21.5. The summed E-state index contributed by atoms with van der Waals surface area (Å²) < 4.78 is 0. The third-order valence-electron chi connectivity index (χ3n) is 6.62. The van der Waals surface area contributed by atoms with Crippen LogP contribution in [0.4, 0.5) is 0 Å². The van der Waals surface area contributed by atoms with Crippen molar-refractivity contribution in [2.75, 3.05) is 19.6 Å². The fraction of sp³-hybridized carbons (Fsp3) is 0.462. The Morgan fingerprint density at radius 3 is 2.35 bits per heavy atom. The van der Waals surface area contributed by atoms with Crippen LogP contribution in [0.25, 0.3) is 0 Å². The highest BCUT2D eigenvalue weighted by molar-refractivity contribution is 5.80. The van der Waals surface area contributed by atoms with Gasteiger partial charge in [-0.1, -0.05) is 61.0 Å². The fourth-order valence-electron chi connectivity index (χ4n) is 4.57. The molecule has 0 spiro atoms. The van der Waals surface area contributed by atoms with Crippen molar-refractivity contribution in [3.8, 4) is 0 Å². The van der Waals surface area contributed by atoms with Crippen molar-refractivity contribution < 1.29 is 4.79 Å². The molecule has 1 saturated carbocycles. The SMILES string of the molecule is CCNC(=NCc1ccc(CN2CCCC2=O)cc1)NCC1(c2ccccc2)CCC1. The summed E-state index contributed by atoms with van der Waals surface area (Å²) in [5.74, 6) is 1.14. The number of benzene rings is 2. The van der Waals surface area contributed by atoms with E-state index in [4.69, 9.17) is 4.99 Å². The van der Waals surface area contributed by atoms with Crippen molar-refractivity contribution >= 4 is 11.9 Å². The van der Waals surface area contributed by atoms with Crippen LogP contribution < -0.4 is 10.6 Å². The third-order valence-corrected chi connectivity index (χ3v) is 6.62. The molecule has 2 aliphatic rings. The van der Waals surface area contributed by atoms with Gasteiger partial charge in [0.15, 0.2) is 5.96 Å². The van der Waals surface area contributed by atoms with Crippen LogP contribution in [0.15, 0.2) is 59.6 Å². The van der Waals surface area contributed by atoms with Gasteiger partial charge in [-0.2, -0.15) is 0 Å². The average Bonchev–Trinajstić information content (AvgIpc) is 3.17. The minimum absolute atomic E-state index is 0.228. The molecule has 0 unspecified atom stereocenters. The molecule has 1 amide bonds. The van der Waals surface area contributed by atoms with Crippen LogP contribution in [0.5, 0.6) is 0 Å². The smallest absolute Gasteiger partial charge is 0.222 e. The molecule has 1 saturated heterocycles. The molecule has 0 atom stereocenters. The van der Waals surface area contributed by atoms with E-state index in [0.717, 1.165) is 32.0 Å². The number of hydrogen-bond donors (Lipinski definition) is 2. The highest BCUT2D eigenvalue weighted by Crippen LogP contribution is 2.43. The van der Waals surface area contributed by atoms with Crippen LogP contribution in [0.3, 0.4) is 0 Å². The molecule has 31 heavy (non-hydrogen) atoms. The van der Waals surface area contributed by atoms with Crippen LogP contribution in [0, 0.1) is 0 Å². The first kappa shape index (κ1) is 21.4. The molecule has 1 aliphatic heterocycles. The summed E-state index contributed by atoms with van der Waals surface area (Å²) >= 11 is 0. The molecule has 0 aromatic heterocycles. The lowest BCUT2D eigenvalue weighted by Crippen LogP contribution is -2.48. The lowest BCUT2D eigenvalue weighted by molar-refractivity contribution is -0.128. The summed E-state index contributed by atoms with van der Waals surface area (Å²) in [4.78, 5) is 18.6. The van der Waals surface area contributed by atoms with Crippen molar-refractivity contribution in [3.63, 3.8) is 0 Å². The van der Waals surface area contributed by atoms with Crippen LogP contribution in [0.2, 0.25) is 0 Å². The summed E-state index contributed by atoms with van der Waals surface area (Å²) in [6.07, 6.45) is 5.42. The molecule has 0 radical (unpaired) electrons. The Hall–Kier alpha value is -2.82. The molecule has 2 fully saturated rings. The van der Waals surface area contributed by atoms with Gasteiger partial charge in [-0.15, -0.1) is 0 Å². The second kappa shape index (κ2) is 9.99. The monoisotopic (exact) mass is 418 g/mol. The minimum Gasteiger partial charge on any atom is -0.357 e. The normalized spacial score (nSPS) is 18.0. The van der Waals surface area contributed by atoms with E-state index in [2.05, 4.69) is 72.2 Å². The number of aliphatic imine (C=N–C) groups is 1. The van der Waals surface area contributed by atoms with Crippen LogP contribution >= 0.6 is 0 Å². The van der Waals surface area contributed by atoms with Gasteiger partial charge >= 0.3 is 0 Å². The predicted octanol–water partition coefficient (Wildman–Crippen LogP) is 3.99. The van der Waals surface area contributed by atoms with E-state index in [0.29, 0.717) is 19.5 Å². The highest BCUT2D eigenvalue weighted by atomic mass is 16.2. The Kier molecular flexibility index (Phi) is 6.90. The fourth-order valence-corrected chi connectivity index (χ4v) is 4.57. The van der Waals surface area contributed by atoms with Gasteiger partial charge in [0.25, 0.3) is 0 Å². The van der Waals surface area contributed by atoms with Gasteiger partial charge in [-0.05, 0) is 42.9 Å². The molecular weight excluding hydrogens is 384 g/mol. The average molecular weight is 419 g/mol. The lowest BCUT2D eigenvalue weighted by atomic mass is 9.64. The van der Waals surface area contributed by atoms with Gasteiger partial charge in [-0.3, -0.25) is 4.79 Å². The first-order valence-corrected chi connectivity index (χ1v) is 11.6. The molecular formula is C26H34N4O. The largest absolute Gasteiger partial charge is 0.357 e. The molecule has 2 aromatic rings. The number of nitrogens with one attached hydrogen (secondary N) is 2. The van der Waals surface area contributed by atoms with Crippen molar-refractivity contribution in [2.45, 2.75) is 57.5 Å². The van der Waals surface area contributed by atoms with Crippen molar-refractivity contribution in [2.24, 2.45) is 4.99 Å². The molecule has 1 aliphatic carbocycles. The zero-order valence-electron chi connectivity index (χ0n) is 18.6. The maximum absolute atomic E-state index is 11.8. The Balaban J connectivity index is 1.35. The van der Waals surface area contributed by atoms with Crippen molar-refractivity contribution in [3.05, 3.63) is 71.3 Å².